The number of halogens is 1. The fraction of sp³-hybridized carbons (Fsp3) is 0.176. The molecule has 23 heavy (non-hydrogen) atoms. The number of aryl methyl sites for hydroxylation is 2. The van der Waals surface area contributed by atoms with Gasteiger partial charge in [-0.1, -0.05) is 35.5 Å². The van der Waals surface area contributed by atoms with Crippen molar-refractivity contribution in [1.82, 2.24) is 9.97 Å². The molecule has 0 saturated heterocycles. The van der Waals surface area contributed by atoms with Crippen molar-refractivity contribution in [2.75, 3.05) is 11.1 Å². The molecule has 0 aliphatic heterocycles. The topological polar surface area (TPSA) is 57.8 Å². The molecule has 118 valence electrons. The second-order valence-electron chi connectivity index (χ2n) is 5.36. The minimum Gasteiger partial charge on any atom is -0.333 e. The minimum absolute atomic E-state index is 0.0535. The molecule has 0 radical (unpaired) electrons. The second-order valence-corrected chi connectivity index (χ2v) is 6.76. The summed E-state index contributed by atoms with van der Waals surface area (Å²) in [5.41, 5.74) is 4.73. The lowest BCUT2D eigenvalue weighted by Gasteiger charge is -2.08. The van der Waals surface area contributed by atoms with E-state index in [1.165, 1.54) is 11.8 Å². The second kappa shape index (κ2) is 6.64. The Bertz CT molecular complexity index is 875. The van der Waals surface area contributed by atoms with Crippen molar-refractivity contribution < 1.29 is 4.79 Å². The number of nitrogens with zero attached hydrogens (tertiary/aromatic N) is 1. The van der Waals surface area contributed by atoms with Crippen molar-refractivity contribution in [3.8, 4) is 0 Å². The third-order valence-corrected chi connectivity index (χ3v) is 4.54. The maximum absolute atomic E-state index is 12.1. The summed E-state index contributed by atoms with van der Waals surface area (Å²) in [5, 5.41) is 4.31. The van der Waals surface area contributed by atoms with E-state index in [0.29, 0.717) is 15.9 Å². The first-order valence-electron chi connectivity index (χ1n) is 7.16. The van der Waals surface area contributed by atoms with Crippen LogP contribution in [0.1, 0.15) is 11.1 Å². The first-order chi connectivity index (χ1) is 11.0. The van der Waals surface area contributed by atoms with Crippen LogP contribution in [-0.4, -0.2) is 21.6 Å². The van der Waals surface area contributed by atoms with E-state index in [1.807, 2.05) is 44.2 Å². The van der Waals surface area contributed by atoms with Crippen molar-refractivity contribution in [2.45, 2.75) is 19.0 Å². The van der Waals surface area contributed by atoms with E-state index in [9.17, 15) is 4.79 Å². The molecule has 0 atom stereocenters. The summed E-state index contributed by atoms with van der Waals surface area (Å²) in [5.74, 6) is 0.239. The molecular formula is C17H16ClN3OS. The molecule has 1 amide bonds. The van der Waals surface area contributed by atoms with Gasteiger partial charge in [-0.15, -0.1) is 0 Å². The van der Waals surface area contributed by atoms with Crippen molar-refractivity contribution in [2.24, 2.45) is 0 Å². The van der Waals surface area contributed by atoms with Gasteiger partial charge in [0.15, 0.2) is 5.16 Å². The number of amides is 1. The van der Waals surface area contributed by atoms with Crippen LogP contribution < -0.4 is 5.32 Å². The van der Waals surface area contributed by atoms with E-state index in [4.69, 9.17) is 11.6 Å². The quantitative estimate of drug-likeness (QED) is 0.681. The number of hydrogen-bond donors (Lipinski definition) is 2. The van der Waals surface area contributed by atoms with Crippen molar-refractivity contribution in [1.29, 1.82) is 0 Å². The number of carbonyl (C=O) groups excluding carboxylic acids is 1. The molecule has 0 fully saturated rings. The standard InChI is InChI=1S/C17H16ClN3OS/c1-10-3-4-11(2)14(7-10)19-16(22)9-23-17-20-13-6-5-12(18)8-15(13)21-17/h3-8H,9H2,1-2H3,(H,19,22)(H,20,21). The molecule has 1 aromatic heterocycles. The predicted molar refractivity (Wildman–Crippen MR) is 96.4 cm³/mol. The summed E-state index contributed by atoms with van der Waals surface area (Å²) in [6.07, 6.45) is 0. The number of H-pyrrole nitrogens is 1. The molecule has 0 aliphatic carbocycles. The first-order valence-corrected chi connectivity index (χ1v) is 8.53. The van der Waals surface area contributed by atoms with Gasteiger partial charge in [-0.3, -0.25) is 4.79 Å². The zero-order valence-electron chi connectivity index (χ0n) is 12.8. The highest BCUT2D eigenvalue weighted by atomic mass is 35.5. The number of nitrogens with one attached hydrogen (secondary N) is 2. The minimum atomic E-state index is -0.0535. The zero-order chi connectivity index (χ0) is 16.4. The molecule has 0 aliphatic rings. The Morgan fingerprint density at radius 1 is 1.26 bits per heavy atom. The molecule has 0 unspecified atom stereocenters. The van der Waals surface area contributed by atoms with Gasteiger partial charge in [-0.05, 0) is 49.2 Å². The van der Waals surface area contributed by atoms with Gasteiger partial charge in [-0.25, -0.2) is 4.98 Å². The SMILES string of the molecule is Cc1ccc(C)c(NC(=O)CSc2nc3ccc(Cl)cc3[nH]2)c1. The van der Waals surface area contributed by atoms with Gasteiger partial charge in [0.05, 0.1) is 16.8 Å². The first kappa shape index (κ1) is 15.9. The summed E-state index contributed by atoms with van der Waals surface area (Å²) in [6, 6.07) is 11.5. The van der Waals surface area contributed by atoms with Crippen LogP contribution in [0.25, 0.3) is 11.0 Å². The lowest BCUT2D eigenvalue weighted by Crippen LogP contribution is -2.15. The number of hydrogen-bond acceptors (Lipinski definition) is 3. The summed E-state index contributed by atoms with van der Waals surface area (Å²) >= 11 is 7.32. The molecule has 0 bridgehead atoms. The van der Waals surface area contributed by atoms with Crippen LogP contribution in [0.2, 0.25) is 5.02 Å². The molecule has 2 aromatic carbocycles. The Kier molecular flexibility index (Phi) is 4.59. The molecule has 0 spiro atoms. The van der Waals surface area contributed by atoms with E-state index in [-0.39, 0.29) is 5.91 Å². The zero-order valence-corrected chi connectivity index (χ0v) is 14.4. The molecule has 1 heterocycles. The van der Waals surface area contributed by atoms with Crippen molar-refractivity contribution >= 4 is 46.0 Å². The monoisotopic (exact) mass is 345 g/mol. The summed E-state index contributed by atoms with van der Waals surface area (Å²) in [4.78, 5) is 19.7. The van der Waals surface area contributed by atoms with Gasteiger partial charge < -0.3 is 10.3 Å². The number of aromatic nitrogens is 2. The van der Waals surface area contributed by atoms with E-state index in [2.05, 4.69) is 15.3 Å². The molecule has 3 rings (SSSR count). The molecule has 6 heteroatoms. The van der Waals surface area contributed by atoms with Gasteiger partial charge in [0.1, 0.15) is 0 Å². The summed E-state index contributed by atoms with van der Waals surface area (Å²) in [6.45, 7) is 3.98. The van der Waals surface area contributed by atoms with Gasteiger partial charge in [0.25, 0.3) is 0 Å². The van der Waals surface area contributed by atoms with E-state index in [1.54, 1.807) is 6.07 Å². The number of anilines is 1. The molecule has 2 N–H and O–H groups in total. The molecular weight excluding hydrogens is 330 g/mol. The van der Waals surface area contributed by atoms with Crippen LogP contribution in [0.4, 0.5) is 5.69 Å². The van der Waals surface area contributed by atoms with Gasteiger partial charge >= 0.3 is 0 Å². The number of rotatable bonds is 4. The third-order valence-electron chi connectivity index (χ3n) is 3.43. The highest BCUT2D eigenvalue weighted by molar-refractivity contribution is 7.99. The maximum atomic E-state index is 12.1. The van der Waals surface area contributed by atoms with Crippen LogP contribution >= 0.6 is 23.4 Å². The third kappa shape index (κ3) is 3.86. The fourth-order valence-electron chi connectivity index (χ4n) is 2.22. The smallest absolute Gasteiger partial charge is 0.234 e. The summed E-state index contributed by atoms with van der Waals surface area (Å²) < 4.78 is 0. The largest absolute Gasteiger partial charge is 0.333 e. The Labute approximate surface area is 143 Å². The Morgan fingerprint density at radius 3 is 2.91 bits per heavy atom. The maximum Gasteiger partial charge on any atom is 0.234 e. The van der Waals surface area contributed by atoms with Gasteiger partial charge in [-0.2, -0.15) is 0 Å². The Balaban J connectivity index is 1.64. The van der Waals surface area contributed by atoms with E-state index < -0.39 is 0 Å². The van der Waals surface area contributed by atoms with Crippen LogP contribution in [-0.2, 0) is 4.79 Å². The highest BCUT2D eigenvalue weighted by Crippen LogP contribution is 2.23. The number of aromatic amines is 1. The van der Waals surface area contributed by atoms with Crippen molar-refractivity contribution in [3.05, 3.63) is 52.5 Å². The average molecular weight is 346 g/mol. The number of fused-ring (bicyclic) bond motifs is 1. The summed E-state index contributed by atoms with van der Waals surface area (Å²) in [7, 11) is 0. The number of thioether (sulfide) groups is 1. The predicted octanol–water partition coefficient (Wildman–Crippen LogP) is 4.56. The molecule has 3 aromatic rings. The number of benzene rings is 2. The lowest BCUT2D eigenvalue weighted by molar-refractivity contribution is -0.113. The normalized spacial score (nSPS) is 10.9. The van der Waals surface area contributed by atoms with Crippen molar-refractivity contribution in [3.63, 3.8) is 0 Å². The van der Waals surface area contributed by atoms with Gasteiger partial charge in [0.2, 0.25) is 5.91 Å². The average Bonchev–Trinajstić information content (AvgIpc) is 2.91. The van der Waals surface area contributed by atoms with Crippen LogP contribution in [0, 0.1) is 13.8 Å². The van der Waals surface area contributed by atoms with Crippen LogP contribution in [0.5, 0.6) is 0 Å². The lowest BCUT2D eigenvalue weighted by atomic mass is 10.1. The molecule has 4 nitrogen and oxygen atoms in total. The number of imidazole rings is 1. The highest BCUT2D eigenvalue weighted by Gasteiger charge is 2.09. The Morgan fingerprint density at radius 2 is 2.09 bits per heavy atom. The van der Waals surface area contributed by atoms with Crippen LogP contribution in [0.3, 0.4) is 0 Å². The Hall–Kier alpha value is -1.98. The fourth-order valence-corrected chi connectivity index (χ4v) is 3.07. The van der Waals surface area contributed by atoms with Crippen LogP contribution in [0.15, 0.2) is 41.6 Å². The number of carbonyl (C=O) groups is 1. The van der Waals surface area contributed by atoms with E-state index in [0.717, 1.165) is 27.8 Å². The van der Waals surface area contributed by atoms with Gasteiger partial charge in [0, 0.05) is 10.7 Å². The molecule has 0 saturated carbocycles. The van der Waals surface area contributed by atoms with E-state index >= 15 is 0 Å².